The summed E-state index contributed by atoms with van der Waals surface area (Å²) in [6.45, 7) is 3.23. The fourth-order valence-corrected chi connectivity index (χ4v) is 3.54. The molecule has 2 heterocycles. The van der Waals surface area contributed by atoms with E-state index in [1.165, 1.54) is 18.4 Å². The van der Waals surface area contributed by atoms with Crippen molar-refractivity contribution in [2.75, 3.05) is 44.0 Å². The van der Waals surface area contributed by atoms with Crippen LogP contribution in [0.4, 0.5) is 11.8 Å². The zero-order chi connectivity index (χ0) is 17.8. The van der Waals surface area contributed by atoms with Crippen molar-refractivity contribution < 1.29 is 0 Å². The first-order chi connectivity index (χ1) is 12.0. The minimum atomic E-state index is 0.481. The van der Waals surface area contributed by atoms with Crippen LogP contribution in [0.25, 0.3) is 0 Å². The van der Waals surface area contributed by atoms with Crippen LogP contribution in [0, 0.1) is 0 Å². The number of piperidine rings is 1. The van der Waals surface area contributed by atoms with Gasteiger partial charge in [0.25, 0.3) is 0 Å². The summed E-state index contributed by atoms with van der Waals surface area (Å²) in [6, 6.07) is 11.1. The summed E-state index contributed by atoms with van der Waals surface area (Å²) in [4.78, 5) is 15.8. The summed E-state index contributed by atoms with van der Waals surface area (Å²) >= 11 is 3.51. The van der Waals surface area contributed by atoms with E-state index in [2.05, 4.69) is 67.0 Å². The molecular formula is C19H26BrN5. The quantitative estimate of drug-likeness (QED) is 0.764. The van der Waals surface area contributed by atoms with Gasteiger partial charge >= 0.3 is 0 Å². The number of nitrogens with zero attached hydrogens (tertiary/aromatic N) is 5. The lowest BCUT2D eigenvalue weighted by atomic mass is 10.0. The number of hydrogen-bond donors (Lipinski definition) is 0. The predicted molar refractivity (Wildman–Crippen MR) is 107 cm³/mol. The molecule has 1 aromatic carbocycles. The molecule has 1 aliphatic rings. The molecule has 0 amide bonds. The second-order valence-electron chi connectivity index (χ2n) is 6.88. The lowest BCUT2D eigenvalue weighted by molar-refractivity contribution is 0.198. The van der Waals surface area contributed by atoms with Crippen molar-refractivity contribution >= 4 is 27.7 Å². The molecule has 25 heavy (non-hydrogen) atoms. The van der Waals surface area contributed by atoms with Crippen LogP contribution in [0.5, 0.6) is 0 Å². The fourth-order valence-electron chi connectivity index (χ4n) is 3.28. The molecule has 0 aliphatic carbocycles. The van der Waals surface area contributed by atoms with Gasteiger partial charge in [-0.2, -0.15) is 4.98 Å². The Bertz CT molecular complexity index is 688. The molecule has 1 fully saturated rings. The topological polar surface area (TPSA) is 35.5 Å². The second-order valence-corrected chi connectivity index (χ2v) is 7.79. The highest BCUT2D eigenvalue weighted by molar-refractivity contribution is 9.10. The fraction of sp³-hybridized carbons (Fsp3) is 0.474. The van der Waals surface area contributed by atoms with Gasteiger partial charge in [0.2, 0.25) is 5.95 Å². The Morgan fingerprint density at radius 2 is 1.92 bits per heavy atom. The number of benzene rings is 1. The van der Waals surface area contributed by atoms with Gasteiger partial charge in [-0.05, 0) is 43.1 Å². The highest BCUT2D eigenvalue weighted by atomic mass is 79.9. The monoisotopic (exact) mass is 403 g/mol. The summed E-state index contributed by atoms with van der Waals surface area (Å²) in [5.41, 5.74) is 1.36. The maximum atomic E-state index is 4.68. The van der Waals surface area contributed by atoms with Gasteiger partial charge in [0.15, 0.2) is 0 Å². The molecule has 1 aliphatic heterocycles. The van der Waals surface area contributed by atoms with Crippen molar-refractivity contribution in [3.63, 3.8) is 0 Å². The predicted octanol–water partition coefficient (Wildman–Crippen LogP) is 3.41. The Morgan fingerprint density at radius 3 is 2.64 bits per heavy atom. The third-order valence-corrected chi connectivity index (χ3v) is 5.27. The maximum Gasteiger partial charge on any atom is 0.226 e. The first kappa shape index (κ1) is 18.1. The maximum absolute atomic E-state index is 4.68. The van der Waals surface area contributed by atoms with Gasteiger partial charge in [0.05, 0.1) is 0 Å². The van der Waals surface area contributed by atoms with Crippen LogP contribution >= 0.6 is 15.9 Å². The van der Waals surface area contributed by atoms with Crippen LogP contribution < -0.4 is 9.80 Å². The van der Waals surface area contributed by atoms with Crippen molar-refractivity contribution in [3.05, 3.63) is 46.6 Å². The van der Waals surface area contributed by atoms with Crippen LogP contribution in [-0.4, -0.2) is 55.1 Å². The Hall–Kier alpha value is -1.66. The van der Waals surface area contributed by atoms with Crippen molar-refractivity contribution in [1.29, 1.82) is 0 Å². The molecule has 6 heteroatoms. The van der Waals surface area contributed by atoms with Crippen molar-refractivity contribution in [1.82, 2.24) is 14.9 Å². The van der Waals surface area contributed by atoms with E-state index in [1.54, 1.807) is 0 Å². The van der Waals surface area contributed by atoms with Crippen LogP contribution in [0.3, 0.4) is 0 Å². The number of likely N-dealkylation sites (N-methyl/N-ethyl adjacent to an activating group) is 1. The average molecular weight is 404 g/mol. The van der Waals surface area contributed by atoms with E-state index in [1.807, 2.05) is 31.3 Å². The number of halogens is 1. The first-order valence-corrected chi connectivity index (χ1v) is 9.52. The molecule has 5 nitrogen and oxygen atoms in total. The third kappa shape index (κ3) is 4.70. The van der Waals surface area contributed by atoms with E-state index >= 15 is 0 Å². The van der Waals surface area contributed by atoms with Gasteiger partial charge in [-0.25, -0.2) is 4.98 Å². The molecule has 3 rings (SSSR count). The van der Waals surface area contributed by atoms with E-state index in [4.69, 9.17) is 0 Å². The standard InChI is InChI=1S/C19H26BrN5/c1-23(2)19-21-11-10-18(22-19)24(3)17-5-4-12-25(14-17)13-15-6-8-16(20)9-7-15/h6-11,17H,4-5,12-14H2,1-3H3. The van der Waals surface area contributed by atoms with Crippen molar-refractivity contribution in [2.45, 2.75) is 25.4 Å². The number of likely N-dealkylation sites (tertiary alicyclic amines) is 1. The summed E-state index contributed by atoms with van der Waals surface area (Å²) in [5.74, 6) is 1.75. The number of aromatic nitrogens is 2. The van der Waals surface area contributed by atoms with E-state index in [9.17, 15) is 0 Å². The number of rotatable bonds is 5. The van der Waals surface area contributed by atoms with E-state index < -0.39 is 0 Å². The first-order valence-electron chi connectivity index (χ1n) is 8.73. The van der Waals surface area contributed by atoms with Crippen LogP contribution in [0.15, 0.2) is 41.0 Å². The van der Waals surface area contributed by atoms with E-state index in [-0.39, 0.29) is 0 Å². The molecule has 0 saturated carbocycles. The van der Waals surface area contributed by atoms with E-state index in [0.29, 0.717) is 6.04 Å². The van der Waals surface area contributed by atoms with Crippen molar-refractivity contribution in [2.24, 2.45) is 0 Å². The molecular weight excluding hydrogens is 378 g/mol. The normalized spacial score (nSPS) is 18.2. The highest BCUT2D eigenvalue weighted by Crippen LogP contribution is 2.22. The number of hydrogen-bond acceptors (Lipinski definition) is 5. The largest absolute Gasteiger partial charge is 0.355 e. The van der Waals surface area contributed by atoms with Gasteiger partial charge < -0.3 is 9.80 Å². The molecule has 0 bridgehead atoms. The summed E-state index contributed by atoms with van der Waals surface area (Å²) in [5, 5.41) is 0. The smallest absolute Gasteiger partial charge is 0.226 e. The Labute approximate surface area is 158 Å². The summed E-state index contributed by atoms with van der Waals surface area (Å²) in [6.07, 6.45) is 4.27. The lowest BCUT2D eigenvalue weighted by Crippen LogP contribution is -2.46. The molecule has 0 spiro atoms. The summed E-state index contributed by atoms with van der Waals surface area (Å²) < 4.78 is 1.13. The SMILES string of the molecule is CN(C)c1nccc(N(C)C2CCCN(Cc3ccc(Br)cc3)C2)n1. The number of anilines is 2. The molecule has 134 valence electrons. The molecule has 0 N–H and O–H groups in total. The zero-order valence-corrected chi connectivity index (χ0v) is 16.8. The van der Waals surface area contributed by atoms with Gasteiger partial charge in [-0.15, -0.1) is 0 Å². The molecule has 0 radical (unpaired) electrons. The van der Waals surface area contributed by atoms with Crippen LogP contribution in [0.2, 0.25) is 0 Å². The highest BCUT2D eigenvalue weighted by Gasteiger charge is 2.24. The molecule has 1 aromatic heterocycles. The van der Waals surface area contributed by atoms with Gasteiger partial charge in [0, 0.05) is 50.9 Å². The summed E-state index contributed by atoms with van der Waals surface area (Å²) in [7, 11) is 6.09. The Balaban J connectivity index is 1.66. The second kappa shape index (κ2) is 8.15. The molecule has 1 unspecified atom stereocenters. The molecule has 1 atom stereocenters. The average Bonchev–Trinajstić information content (AvgIpc) is 2.63. The Kier molecular flexibility index (Phi) is 5.91. The molecule has 1 saturated heterocycles. The van der Waals surface area contributed by atoms with Gasteiger partial charge in [-0.3, -0.25) is 4.90 Å². The van der Waals surface area contributed by atoms with Crippen LogP contribution in [0.1, 0.15) is 18.4 Å². The Morgan fingerprint density at radius 1 is 1.16 bits per heavy atom. The lowest BCUT2D eigenvalue weighted by Gasteiger charge is -2.38. The van der Waals surface area contributed by atoms with Gasteiger partial charge in [0.1, 0.15) is 5.82 Å². The van der Waals surface area contributed by atoms with Crippen LogP contribution in [-0.2, 0) is 6.54 Å². The minimum Gasteiger partial charge on any atom is -0.355 e. The zero-order valence-electron chi connectivity index (χ0n) is 15.2. The molecule has 2 aromatic rings. The minimum absolute atomic E-state index is 0.481. The van der Waals surface area contributed by atoms with Gasteiger partial charge in [-0.1, -0.05) is 28.1 Å². The third-order valence-electron chi connectivity index (χ3n) is 4.74. The van der Waals surface area contributed by atoms with Crippen molar-refractivity contribution in [3.8, 4) is 0 Å². The van der Waals surface area contributed by atoms with E-state index in [0.717, 1.165) is 35.9 Å².